The highest BCUT2D eigenvalue weighted by atomic mass is 16.5. The molecule has 1 aromatic heterocycles. The van der Waals surface area contributed by atoms with Gasteiger partial charge in [0.2, 0.25) is 0 Å². The van der Waals surface area contributed by atoms with Crippen LogP contribution in [-0.4, -0.2) is 46.1 Å². The van der Waals surface area contributed by atoms with Crippen molar-refractivity contribution < 1.29 is 24.3 Å². The van der Waals surface area contributed by atoms with Gasteiger partial charge in [0.15, 0.2) is 5.58 Å². The minimum Gasteiger partial charge on any atom is -0.491 e. The molecule has 0 unspecified atom stereocenters. The molecule has 1 saturated heterocycles. The van der Waals surface area contributed by atoms with Crippen molar-refractivity contribution in [3.63, 3.8) is 0 Å². The number of fused-ring (bicyclic) bond motifs is 1. The molecule has 2 aromatic rings. The first-order chi connectivity index (χ1) is 14.0. The van der Waals surface area contributed by atoms with Crippen molar-refractivity contribution in [1.82, 2.24) is 10.1 Å². The Balaban J connectivity index is 1.42. The molecule has 154 valence electrons. The number of aliphatic hydroxyl groups excluding tert-OH is 1. The quantitative estimate of drug-likeness (QED) is 0.694. The lowest BCUT2D eigenvalue weighted by Gasteiger charge is -2.29. The maximum absolute atomic E-state index is 11.0. The lowest BCUT2D eigenvalue weighted by atomic mass is 9.91. The number of ether oxygens (including phenoxy) is 1. The molecule has 4 rings (SSSR count). The van der Waals surface area contributed by atoms with Gasteiger partial charge in [-0.15, -0.1) is 6.42 Å². The molecule has 1 aliphatic carbocycles. The summed E-state index contributed by atoms with van der Waals surface area (Å²) in [6, 6.07) is 3.78. The largest absolute Gasteiger partial charge is 0.491 e. The molecule has 0 spiro atoms. The van der Waals surface area contributed by atoms with Crippen molar-refractivity contribution in [1.29, 1.82) is 0 Å². The van der Waals surface area contributed by atoms with Crippen LogP contribution in [0.1, 0.15) is 43.4 Å². The monoisotopic (exact) mass is 398 g/mol. The van der Waals surface area contributed by atoms with E-state index in [4.69, 9.17) is 20.8 Å². The average Bonchev–Trinajstić information content (AvgIpc) is 3.42. The van der Waals surface area contributed by atoms with Gasteiger partial charge in [0.25, 0.3) is 0 Å². The second-order valence-corrected chi connectivity index (χ2v) is 8.17. The number of hydrogen-bond acceptors (Lipinski definition) is 5. The molecule has 0 radical (unpaired) electrons. The Labute approximate surface area is 169 Å². The van der Waals surface area contributed by atoms with Gasteiger partial charge in [0.1, 0.15) is 12.4 Å². The van der Waals surface area contributed by atoms with Crippen LogP contribution < -0.4 is 4.74 Å². The van der Waals surface area contributed by atoms with E-state index < -0.39 is 6.09 Å². The van der Waals surface area contributed by atoms with Crippen LogP contribution >= 0.6 is 0 Å². The zero-order valence-electron chi connectivity index (χ0n) is 16.4. The Morgan fingerprint density at radius 3 is 2.76 bits per heavy atom. The van der Waals surface area contributed by atoms with Gasteiger partial charge in [-0.1, -0.05) is 11.1 Å². The molecule has 29 heavy (non-hydrogen) atoms. The summed E-state index contributed by atoms with van der Waals surface area (Å²) < 4.78 is 11.5. The third-order valence-corrected chi connectivity index (χ3v) is 6.27. The molecule has 2 aliphatic rings. The second kappa shape index (κ2) is 7.96. The third kappa shape index (κ3) is 4.03. The predicted molar refractivity (Wildman–Crippen MR) is 107 cm³/mol. The van der Waals surface area contributed by atoms with E-state index in [0.29, 0.717) is 42.5 Å². The van der Waals surface area contributed by atoms with Crippen molar-refractivity contribution in [2.75, 3.05) is 19.7 Å². The number of nitrogens with zero attached hydrogens (tertiary/aromatic N) is 2. The van der Waals surface area contributed by atoms with Crippen LogP contribution in [0.4, 0.5) is 4.79 Å². The Bertz CT molecular complexity index is 933. The Morgan fingerprint density at radius 2 is 2.14 bits per heavy atom. The van der Waals surface area contributed by atoms with E-state index in [9.17, 15) is 9.90 Å². The molecule has 1 amide bonds. The van der Waals surface area contributed by atoms with Gasteiger partial charge in [0, 0.05) is 18.5 Å². The van der Waals surface area contributed by atoms with Crippen molar-refractivity contribution in [2.24, 2.45) is 11.3 Å². The summed E-state index contributed by atoms with van der Waals surface area (Å²) in [5.74, 6) is 3.87. The highest BCUT2D eigenvalue weighted by Crippen LogP contribution is 2.45. The van der Waals surface area contributed by atoms with Gasteiger partial charge in [-0.3, -0.25) is 0 Å². The predicted octanol–water partition coefficient (Wildman–Crippen LogP) is 3.43. The zero-order valence-corrected chi connectivity index (χ0v) is 16.4. The standard InChI is InChI=1S/C22H26N2O5/c1-2-22(9-10-22)14-28-19-6-4-16-18(23-29-20(16)17(19)13-25)5-3-15-7-11-24(12-8-15)21(26)27/h1,4,6,15,25H,3,5,7-14H2,(H,26,27). The van der Waals surface area contributed by atoms with Crippen LogP contribution in [0.25, 0.3) is 11.0 Å². The maximum atomic E-state index is 11.0. The molecule has 7 heteroatoms. The first-order valence-electron chi connectivity index (χ1n) is 10.1. The zero-order chi connectivity index (χ0) is 20.4. The molecule has 1 aliphatic heterocycles. The number of rotatable bonds is 7. The normalized spacial score (nSPS) is 18.6. The summed E-state index contributed by atoms with van der Waals surface area (Å²) in [5.41, 5.74) is 1.86. The number of terminal acetylenes is 1. The van der Waals surface area contributed by atoms with Gasteiger partial charge in [-0.25, -0.2) is 4.79 Å². The lowest BCUT2D eigenvalue weighted by Crippen LogP contribution is -2.37. The molecule has 2 fully saturated rings. The number of carboxylic acid groups (broad SMARTS) is 1. The number of aryl methyl sites for hydroxylation is 1. The minimum absolute atomic E-state index is 0.162. The highest BCUT2D eigenvalue weighted by Gasteiger charge is 2.42. The SMILES string of the molecule is C#CC1(COc2ccc3c(CCC4CCN(C(=O)O)CC4)noc3c2CO)CC1. The number of hydrogen-bond donors (Lipinski definition) is 2. The second-order valence-electron chi connectivity index (χ2n) is 8.17. The number of amides is 1. The minimum atomic E-state index is -0.838. The highest BCUT2D eigenvalue weighted by molar-refractivity contribution is 5.84. The number of likely N-dealkylation sites (tertiary alicyclic amines) is 1. The summed E-state index contributed by atoms with van der Waals surface area (Å²) in [7, 11) is 0. The van der Waals surface area contributed by atoms with Crippen LogP contribution in [0.3, 0.4) is 0 Å². The number of aromatic nitrogens is 1. The fourth-order valence-corrected chi connectivity index (χ4v) is 4.01. The van der Waals surface area contributed by atoms with Gasteiger partial charge in [-0.2, -0.15) is 0 Å². The van der Waals surface area contributed by atoms with E-state index in [1.54, 1.807) is 0 Å². The summed E-state index contributed by atoms with van der Waals surface area (Å²) in [6.07, 6.45) is 10.1. The van der Waals surface area contributed by atoms with Crippen LogP contribution in [0, 0.1) is 23.7 Å². The first-order valence-corrected chi connectivity index (χ1v) is 10.1. The smallest absolute Gasteiger partial charge is 0.407 e. The Morgan fingerprint density at radius 1 is 1.38 bits per heavy atom. The van der Waals surface area contributed by atoms with E-state index >= 15 is 0 Å². The fraction of sp³-hybridized carbons (Fsp3) is 0.545. The van der Waals surface area contributed by atoms with E-state index in [2.05, 4.69) is 11.1 Å². The summed E-state index contributed by atoms with van der Waals surface area (Å²) in [6.45, 7) is 1.43. The third-order valence-electron chi connectivity index (χ3n) is 6.27. The Kier molecular flexibility index (Phi) is 5.37. The fourth-order valence-electron chi connectivity index (χ4n) is 4.01. The number of carbonyl (C=O) groups is 1. The van der Waals surface area contributed by atoms with Crippen LogP contribution in [0.2, 0.25) is 0 Å². The maximum Gasteiger partial charge on any atom is 0.407 e. The molecule has 1 saturated carbocycles. The van der Waals surface area contributed by atoms with Gasteiger partial charge < -0.3 is 24.4 Å². The number of aliphatic hydroxyl groups is 1. The number of benzene rings is 1. The van der Waals surface area contributed by atoms with Crippen molar-refractivity contribution in [3.8, 4) is 18.1 Å². The first kappa shape index (κ1) is 19.6. The van der Waals surface area contributed by atoms with Gasteiger partial charge in [0.05, 0.1) is 23.3 Å². The molecule has 2 heterocycles. The van der Waals surface area contributed by atoms with E-state index in [1.165, 1.54) is 4.90 Å². The van der Waals surface area contributed by atoms with E-state index in [0.717, 1.165) is 49.6 Å². The van der Waals surface area contributed by atoms with Crippen molar-refractivity contribution in [2.45, 2.75) is 45.1 Å². The topological polar surface area (TPSA) is 96.0 Å². The molecular weight excluding hydrogens is 372 g/mol. The molecule has 2 N–H and O–H groups in total. The summed E-state index contributed by atoms with van der Waals surface area (Å²) in [4.78, 5) is 12.5. The molecule has 1 aromatic carbocycles. The van der Waals surface area contributed by atoms with Crippen molar-refractivity contribution in [3.05, 3.63) is 23.4 Å². The number of piperidine rings is 1. The van der Waals surface area contributed by atoms with Crippen LogP contribution in [-0.2, 0) is 13.0 Å². The van der Waals surface area contributed by atoms with Crippen LogP contribution in [0.5, 0.6) is 5.75 Å². The average molecular weight is 398 g/mol. The molecular formula is C22H26N2O5. The van der Waals surface area contributed by atoms with Gasteiger partial charge >= 0.3 is 6.09 Å². The van der Waals surface area contributed by atoms with Crippen LogP contribution in [0.15, 0.2) is 16.7 Å². The Hall–Kier alpha value is -2.72. The molecule has 0 bridgehead atoms. The van der Waals surface area contributed by atoms with E-state index in [-0.39, 0.29) is 12.0 Å². The summed E-state index contributed by atoms with van der Waals surface area (Å²) in [5, 5.41) is 24.1. The summed E-state index contributed by atoms with van der Waals surface area (Å²) >= 11 is 0. The van der Waals surface area contributed by atoms with Gasteiger partial charge in [-0.05, 0) is 56.6 Å². The molecule has 0 atom stereocenters. The van der Waals surface area contributed by atoms with Crippen molar-refractivity contribution >= 4 is 17.1 Å². The lowest BCUT2D eigenvalue weighted by molar-refractivity contribution is 0.123. The van der Waals surface area contributed by atoms with E-state index in [1.807, 2.05) is 12.1 Å². The molecule has 7 nitrogen and oxygen atoms in total.